The van der Waals surface area contributed by atoms with Crippen LogP contribution in [0.5, 0.6) is 0 Å². The molecule has 21 heavy (non-hydrogen) atoms. The number of benzene rings is 1. The number of nitrogen functional groups attached to an aromatic ring is 1. The average molecular weight is 324 g/mol. The molecule has 2 N–H and O–H groups in total. The molecule has 0 atom stereocenters. The Labute approximate surface area is 133 Å². The lowest BCUT2D eigenvalue weighted by molar-refractivity contribution is 0.0786. The fourth-order valence-corrected chi connectivity index (χ4v) is 3.20. The molecule has 112 valence electrons. The molecule has 0 unspecified atom stereocenters. The maximum Gasteiger partial charge on any atom is 0.253 e. The molecule has 0 radical (unpaired) electrons. The van der Waals surface area contributed by atoms with Gasteiger partial charge in [0, 0.05) is 31.6 Å². The zero-order valence-electron chi connectivity index (χ0n) is 12.3. The summed E-state index contributed by atoms with van der Waals surface area (Å²) in [6.07, 6.45) is 0. The van der Waals surface area contributed by atoms with E-state index in [9.17, 15) is 4.79 Å². The first-order valence-corrected chi connectivity index (χ1v) is 7.64. The Morgan fingerprint density at radius 1 is 1.24 bits per heavy atom. The zero-order valence-corrected chi connectivity index (χ0v) is 13.8. The molecule has 1 aromatic carbocycles. The Balaban J connectivity index is 2.14. The fraction of sp³-hybridized carbons (Fsp3) is 0.267. The monoisotopic (exact) mass is 323 g/mol. The molecule has 1 heterocycles. The second-order valence-corrected chi connectivity index (χ2v) is 6.83. The molecule has 0 aliphatic rings. The number of thiophene rings is 1. The molecule has 0 aliphatic carbocycles. The lowest BCUT2D eigenvalue weighted by Gasteiger charge is -2.19. The normalized spacial score (nSPS) is 10.5. The second kappa shape index (κ2) is 6.37. The predicted molar refractivity (Wildman–Crippen MR) is 90.3 cm³/mol. The summed E-state index contributed by atoms with van der Waals surface area (Å²) < 4.78 is 0.727. The van der Waals surface area contributed by atoms with E-state index in [1.54, 1.807) is 24.1 Å². The number of hydrogen-bond donors (Lipinski definition) is 1. The molecule has 0 saturated carbocycles. The van der Waals surface area contributed by atoms with Crippen molar-refractivity contribution in [3.63, 3.8) is 0 Å². The third-order valence-corrected chi connectivity index (χ3v) is 4.34. The van der Waals surface area contributed by atoms with Gasteiger partial charge in [-0.1, -0.05) is 11.6 Å². The van der Waals surface area contributed by atoms with Crippen LogP contribution in [0, 0.1) is 0 Å². The van der Waals surface area contributed by atoms with Crippen LogP contribution < -0.4 is 10.6 Å². The molecule has 0 saturated heterocycles. The van der Waals surface area contributed by atoms with Crippen LogP contribution in [0.4, 0.5) is 11.4 Å². The molecular formula is C15H18ClN3OS. The first kappa shape index (κ1) is 15.7. The highest BCUT2D eigenvalue weighted by Gasteiger charge is 2.14. The lowest BCUT2D eigenvalue weighted by Crippen LogP contribution is -2.26. The number of nitrogens with two attached hydrogens (primary N) is 1. The van der Waals surface area contributed by atoms with Crippen molar-refractivity contribution >= 4 is 40.2 Å². The molecule has 6 heteroatoms. The summed E-state index contributed by atoms with van der Waals surface area (Å²) in [4.78, 5) is 17.0. The number of hydrogen-bond acceptors (Lipinski definition) is 4. The molecule has 4 nitrogen and oxygen atoms in total. The molecule has 0 fully saturated rings. The van der Waals surface area contributed by atoms with Crippen LogP contribution in [0.1, 0.15) is 15.2 Å². The van der Waals surface area contributed by atoms with E-state index in [0.29, 0.717) is 17.8 Å². The zero-order chi connectivity index (χ0) is 15.6. The topological polar surface area (TPSA) is 49.6 Å². The van der Waals surface area contributed by atoms with Gasteiger partial charge in [0.1, 0.15) is 0 Å². The molecule has 1 aromatic heterocycles. The molecule has 0 bridgehead atoms. The summed E-state index contributed by atoms with van der Waals surface area (Å²) in [7, 11) is 5.60. The number of amides is 1. The van der Waals surface area contributed by atoms with Crippen molar-refractivity contribution in [3.8, 4) is 0 Å². The number of rotatable bonds is 4. The maximum absolute atomic E-state index is 12.4. The molecule has 2 rings (SSSR count). The van der Waals surface area contributed by atoms with Gasteiger partial charge in [-0.15, -0.1) is 11.3 Å². The Kier molecular flexibility index (Phi) is 4.75. The standard InChI is InChI=1S/C15H18ClN3OS/c1-18(2)13-6-4-10(8-12(13)17)15(20)19(3)9-11-5-7-14(16)21-11/h4-8H,9,17H2,1-3H3. The van der Waals surface area contributed by atoms with E-state index in [0.717, 1.165) is 14.9 Å². The average Bonchev–Trinajstić information content (AvgIpc) is 2.82. The van der Waals surface area contributed by atoms with Gasteiger partial charge in [0.25, 0.3) is 5.91 Å². The minimum absolute atomic E-state index is 0.0588. The number of anilines is 2. The Bertz CT molecular complexity index is 654. The van der Waals surface area contributed by atoms with Gasteiger partial charge in [-0.2, -0.15) is 0 Å². The second-order valence-electron chi connectivity index (χ2n) is 5.04. The van der Waals surface area contributed by atoms with Gasteiger partial charge in [-0.3, -0.25) is 4.79 Å². The Morgan fingerprint density at radius 2 is 1.95 bits per heavy atom. The van der Waals surface area contributed by atoms with Crippen molar-refractivity contribution < 1.29 is 4.79 Å². The Morgan fingerprint density at radius 3 is 2.48 bits per heavy atom. The molecular weight excluding hydrogens is 306 g/mol. The van der Waals surface area contributed by atoms with Crippen LogP contribution in [0.2, 0.25) is 4.34 Å². The highest BCUT2D eigenvalue weighted by Crippen LogP contribution is 2.25. The van der Waals surface area contributed by atoms with Crippen molar-refractivity contribution in [2.75, 3.05) is 31.8 Å². The summed E-state index contributed by atoms with van der Waals surface area (Å²) in [5, 5.41) is 0. The van der Waals surface area contributed by atoms with E-state index in [2.05, 4.69) is 0 Å². The number of carbonyl (C=O) groups is 1. The first-order chi connectivity index (χ1) is 9.88. The van der Waals surface area contributed by atoms with Crippen LogP contribution in [-0.4, -0.2) is 32.0 Å². The van der Waals surface area contributed by atoms with Crippen molar-refractivity contribution in [1.29, 1.82) is 0 Å². The van der Waals surface area contributed by atoms with Gasteiger partial charge in [0.15, 0.2) is 0 Å². The van der Waals surface area contributed by atoms with Gasteiger partial charge in [-0.25, -0.2) is 0 Å². The van der Waals surface area contributed by atoms with Crippen molar-refractivity contribution in [2.24, 2.45) is 0 Å². The van der Waals surface area contributed by atoms with E-state index >= 15 is 0 Å². The van der Waals surface area contributed by atoms with Crippen LogP contribution in [0.15, 0.2) is 30.3 Å². The van der Waals surface area contributed by atoms with E-state index in [-0.39, 0.29) is 5.91 Å². The van der Waals surface area contributed by atoms with E-state index < -0.39 is 0 Å². The van der Waals surface area contributed by atoms with Crippen molar-refractivity contribution in [3.05, 3.63) is 45.1 Å². The molecule has 0 spiro atoms. The molecule has 0 aliphatic heterocycles. The lowest BCUT2D eigenvalue weighted by atomic mass is 10.1. The Hall–Kier alpha value is -1.72. The maximum atomic E-state index is 12.4. The SMILES string of the molecule is CN(Cc1ccc(Cl)s1)C(=O)c1ccc(N(C)C)c(N)c1. The largest absolute Gasteiger partial charge is 0.397 e. The molecule has 2 aromatic rings. The quantitative estimate of drug-likeness (QED) is 0.878. The molecule has 1 amide bonds. The smallest absolute Gasteiger partial charge is 0.253 e. The summed E-state index contributed by atoms with van der Waals surface area (Å²) in [5.74, 6) is -0.0588. The van der Waals surface area contributed by atoms with Crippen LogP contribution in [0.3, 0.4) is 0 Å². The van der Waals surface area contributed by atoms with Gasteiger partial charge in [0.2, 0.25) is 0 Å². The third-order valence-electron chi connectivity index (χ3n) is 3.12. The van der Waals surface area contributed by atoms with Crippen molar-refractivity contribution in [1.82, 2.24) is 4.90 Å². The highest BCUT2D eigenvalue weighted by molar-refractivity contribution is 7.16. The van der Waals surface area contributed by atoms with Crippen LogP contribution >= 0.6 is 22.9 Å². The number of nitrogens with zero attached hydrogens (tertiary/aromatic N) is 2. The van der Waals surface area contributed by atoms with E-state index in [1.165, 1.54) is 11.3 Å². The minimum atomic E-state index is -0.0588. The highest BCUT2D eigenvalue weighted by atomic mass is 35.5. The fourth-order valence-electron chi connectivity index (χ4n) is 2.06. The van der Waals surface area contributed by atoms with Gasteiger partial charge < -0.3 is 15.5 Å². The summed E-state index contributed by atoms with van der Waals surface area (Å²) >= 11 is 7.38. The van der Waals surface area contributed by atoms with Gasteiger partial charge in [-0.05, 0) is 30.3 Å². The summed E-state index contributed by atoms with van der Waals surface area (Å²) in [5.41, 5.74) is 8.07. The summed E-state index contributed by atoms with van der Waals surface area (Å²) in [6.45, 7) is 0.533. The van der Waals surface area contributed by atoms with E-state index in [4.69, 9.17) is 17.3 Å². The van der Waals surface area contributed by atoms with Crippen LogP contribution in [-0.2, 0) is 6.54 Å². The van der Waals surface area contributed by atoms with Crippen molar-refractivity contribution in [2.45, 2.75) is 6.54 Å². The predicted octanol–water partition coefficient (Wildman–Crippen LogP) is 3.32. The summed E-state index contributed by atoms with van der Waals surface area (Å²) in [6, 6.07) is 9.14. The third kappa shape index (κ3) is 3.68. The van der Waals surface area contributed by atoms with Crippen LogP contribution in [0.25, 0.3) is 0 Å². The van der Waals surface area contributed by atoms with Gasteiger partial charge in [0.05, 0.1) is 22.3 Å². The minimum Gasteiger partial charge on any atom is -0.397 e. The number of carbonyl (C=O) groups excluding carboxylic acids is 1. The van der Waals surface area contributed by atoms with E-state index in [1.807, 2.05) is 37.2 Å². The first-order valence-electron chi connectivity index (χ1n) is 6.45. The van der Waals surface area contributed by atoms with Gasteiger partial charge >= 0.3 is 0 Å². The number of halogens is 1.